The molecular formula is C25H23FN2O2S. The van der Waals surface area contributed by atoms with Gasteiger partial charge in [0.1, 0.15) is 11.2 Å². The first kappa shape index (κ1) is 21.1. The number of hydrogen-bond donors (Lipinski definition) is 1. The van der Waals surface area contributed by atoms with Crippen molar-refractivity contribution in [3.63, 3.8) is 0 Å². The minimum atomic E-state index is -0.425. The molecule has 0 bridgehead atoms. The van der Waals surface area contributed by atoms with E-state index in [4.69, 9.17) is 0 Å². The quantitative estimate of drug-likeness (QED) is 0.558. The number of benzene rings is 3. The highest BCUT2D eigenvalue weighted by molar-refractivity contribution is 8.00. The van der Waals surface area contributed by atoms with Gasteiger partial charge in [0.15, 0.2) is 0 Å². The Kier molecular flexibility index (Phi) is 6.09. The number of amides is 2. The number of thioether (sulfide) groups is 1. The average Bonchev–Trinajstić information content (AvgIpc) is 3.17. The minimum absolute atomic E-state index is 0.134. The summed E-state index contributed by atoms with van der Waals surface area (Å²) < 4.78 is 14.5. The Morgan fingerprint density at radius 1 is 1.13 bits per heavy atom. The lowest BCUT2D eigenvalue weighted by Gasteiger charge is -2.25. The second kappa shape index (κ2) is 8.94. The fraction of sp³-hybridized carbons (Fsp3) is 0.200. The number of halogens is 1. The number of hydrogen-bond acceptors (Lipinski definition) is 3. The second-order valence-corrected chi connectivity index (χ2v) is 8.58. The predicted octanol–water partition coefficient (Wildman–Crippen LogP) is 5.73. The molecule has 2 amide bonds. The Bertz CT molecular complexity index is 1130. The third kappa shape index (κ3) is 4.49. The lowest BCUT2D eigenvalue weighted by atomic mass is 10.1. The molecule has 0 unspecified atom stereocenters. The van der Waals surface area contributed by atoms with Crippen LogP contribution in [0.3, 0.4) is 0 Å². The third-order valence-corrected chi connectivity index (χ3v) is 6.50. The molecule has 1 aliphatic heterocycles. The van der Waals surface area contributed by atoms with Crippen molar-refractivity contribution in [3.05, 3.63) is 94.8 Å². The highest BCUT2D eigenvalue weighted by atomic mass is 32.2. The smallest absolute Gasteiger partial charge is 0.255 e. The maximum Gasteiger partial charge on any atom is 0.255 e. The highest BCUT2D eigenvalue weighted by Gasteiger charge is 2.35. The van der Waals surface area contributed by atoms with E-state index in [1.54, 1.807) is 18.2 Å². The van der Waals surface area contributed by atoms with E-state index in [0.717, 1.165) is 17.5 Å². The number of carbonyl (C=O) groups excluding carboxylic acids is 2. The number of nitrogens with one attached hydrogen (secondary N) is 1. The van der Waals surface area contributed by atoms with Crippen LogP contribution in [0.4, 0.5) is 15.8 Å². The van der Waals surface area contributed by atoms with E-state index in [0.29, 0.717) is 11.3 Å². The van der Waals surface area contributed by atoms with Crippen molar-refractivity contribution in [1.29, 1.82) is 0 Å². The van der Waals surface area contributed by atoms with Crippen molar-refractivity contribution in [3.8, 4) is 0 Å². The molecule has 0 saturated carbocycles. The van der Waals surface area contributed by atoms with Gasteiger partial charge >= 0.3 is 0 Å². The molecule has 4 nitrogen and oxygen atoms in total. The Morgan fingerprint density at radius 3 is 2.65 bits per heavy atom. The maximum atomic E-state index is 14.5. The third-order valence-electron chi connectivity index (χ3n) is 5.28. The molecule has 1 aliphatic rings. The molecule has 1 saturated heterocycles. The minimum Gasteiger partial charge on any atom is -0.322 e. The summed E-state index contributed by atoms with van der Waals surface area (Å²) in [4.78, 5) is 26.7. The van der Waals surface area contributed by atoms with Gasteiger partial charge in [0.25, 0.3) is 5.91 Å². The van der Waals surface area contributed by atoms with Gasteiger partial charge in [-0.25, -0.2) is 4.39 Å². The monoisotopic (exact) mass is 434 g/mol. The molecule has 4 rings (SSSR count). The first-order valence-electron chi connectivity index (χ1n) is 10.2. The lowest BCUT2D eigenvalue weighted by molar-refractivity contribution is -0.115. The van der Waals surface area contributed by atoms with Crippen molar-refractivity contribution < 1.29 is 14.0 Å². The van der Waals surface area contributed by atoms with Crippen molar-refractivity contribution in [2.24, 2.45) is 0 Å². The Labute approximate surface area is 185 Å². The molecule has 1 atom stereocenters. The van der Waals surface area contributed by atoms with Crippen LogP contribution < -0.4 is 10.2 Å². The fourth-order valence-electron chi connectivity index (χ4n) is 3.60. The van der Waals surface area contributed by atoms with E-state index in [9.17, 15) is 14.0 Å². The van der Waals surface area contributed by atoms with E-state index >= 15 is 0 Å². The average molecular weight is 435 g/mol. The largest absolute Gasteiger partial charge is 0.322 e. The van der Waals surface area contributed by atoms with E-state index in [2.05, 4.69) is 12.2 Å². The van der Waals surface area contributed by atoms with E-state index in [-0.39, 0.29) is 28.6 Å². The Balaban J connectivity index is 1.58. The lowest BCUT2D eigenvalue weighted by Crippen LogP contribution is -2.28. The summed E-state index contributed by atoms with van der Waals surface area (Å²) in [7, 11) is 0. The fourth-order valence-corrected chi connectivity index (χ4v) is 4.76. The van der Waals surface area contributed by atoms with E-state index in [1.807, 2.05) is 49.4 Å². The molecule has 0 radical (unpaired) electrons. The normalized spacial score (nSPS) is 15.9. The van der Waals surface area contributed by atoms with Gasteiger partial charge in [-0.2, -0.15) is 0 Å². The van der Waals surface area contributed by atoms with Crippen molar-refractivity contribution >= 4 is 35.0 Å². The Morgan fingerprint density at radius 2 is 1.90 bits per heavy atom. The van der Waals surface area contributed by atoms with Crippen LogP contribution >= 0.6 is 11.8 Å². The van der Waals surface area contributed by atoms with Gasteiger partial charge in [0.05, 0.1) is 11.4 Å². The molecule has 6 heteroatoms. The SMILES string of the molecule is CCc1ccc(C(=O)Nc2cccc([C@H]3SCC(=O)N3c3cc(C)ccc3F)c2)cc1. The zero-order valence-corrected chi connectivity index (χ0v) is 18.2. The number of carbonyl (C=O) groups is 2. The van der Waals surface area contributed by atoms with E-state index in [1.165, 1.54) is 28.3 Å². The molecule has 31 heavy (non-hydrogen) atoms. The van der Waals surface area contributed by atoms with Crippen LogP contribution in [0.25, 0.3) is 0 Å². The first-order chi connectivity index (χ1) is 15.0. The number of rotatable bonds is 5. The zero-order chi connectivity index (χ0) is 22.0. The van der Waals surface area contributed by atoms with Crippen LogP contribution in [0.15, 0.2) is 66.7 Å². The summed E-state index contributed by atoms with van der Waals surface area (Å²) in [6.07, 6.45) is 0.916. The standard InChI is InChI=1S/C25H23FN2O2S/c1-3-17-8-10-18(11-9-17)24(30)27-20-6-4-5-19(14-20)25-28(23(29)15-31-25)22-13-16(2)7-12-21(22)26/h4-14,25H,3,15H2,1-2H3,(H,27,30)/t25-/m1/s1. The summed E-state index contributed by atoms with van der Waals surface area (Å²) in [5, 5.41) is 2.56. The molecule has 3 aromatic rings. The molecule has 0 aromatic heterocycles. The topological polar surface area (TPSA) is 49.4 Å². The summed E-state index contributed by atoms with van der Waals surface area (Å²) in [6.45, 7) is 3.94. The van der Waals surface area contributed by atoms with Gasteiger partial charge in [-0.05, 0) is 66.4 Å². The van der Waals surface area contributed by atoms with Crippen molar-refractivity contribution in [1.82, 2.24) is 0 Å². The molecular weight excluding hydrogens is 411 g/mol. The molecule has 0 spiro atoms. The van der Waals surface area contributed by atoms with Crippen LogP contribution in [0, 0.1) is 12.7 Å². The summed E-state index contributed by atoms with van der Waals surface area (Å²) >= 11 is 1.45. The van der Waals surface area contributed by atoms with Gasteiger partial charge < -0.3 is 5.32 Å². The molecule has 1 fully saturated rings. The van der Waals surface area contributed by atoms with Crippen LogP contribution in [-0.2, 0) is 11.2 Å². The predicted molar refractivity (Wildman–Crippen MR) is 124 cm³/mol. The molecule has 0 aliphatic carbocycles. The Hall–Kier alpha value is -3.12. The van der Waals surface area contributed by atoms with Gasteiger partial charge in [-0.1, -0.05) is 37.3 Å². The van der Waals surface area contributed by atoms with Gasteiger partial charge in [-0.15, -0.1) is 11.8 Å². The van der Waals surface area contributed by atoms with Crippen LogP contribution in [0.1, 0.15) is 39.3 Å². The number of nitrogens with zero attached hydrogens (tertiary/aromatic N) is 1. The number of aryl methyl sites for hydroxylation is 2. The molecule has 158 valence electrons. The highest BCUT2D eigenvalue weighted by Crippen LogP contribution is 2.43. The summed E-state index contributed by atoms with van der Waals surface area (Å²) in [6, 6.07) is 19.7. The second-order valence-electron chi connectivity index (χ2n) is 7.51. The summed E-state index contributed by atoms with van der Waals surface area (Å²) in [5.41, 5.74) is 4.38. The maximum absolute atomic E-state index is 14.5. The van der Waals surface area contributed by atoms with Gasteiger partial charge in [0.2, 0.25) is 5.91 Å². The van der Waals surface area contributed by atoms with Crippen LogP contribution in [0.5, 0.6) is 0 Å². The molecule has 3 aromatic carbocycles. The summed E-state index contributed by atoms with van der Waals surface area (Å²) in [5.74, 6) is -0.480. The molecule has 1 heterocycles. The first-order valence-corrected chi connectivity index (χ1v) is 11.2. The molecule has 1 N–H and O–H groups in total. The van der Waals surface area contributed by atoms with Gasteiger partial charge in [-0.3, -0.25) is 14.5 Å². The zero-order valence-electron chi connectivity index (χ0n) is 17.4. The van der Waals surface area contributed by atoms with E-state index < -0.39 is 5.82 Å². The van der Waals surface area contributed by atoms with Crippen molar-refractivity contribution in [2.45, 2.75) is 25.6 Å². The van der Waals surface area contributed by atoms with Gasteiger partial charge in [0, 0.05) is 11.3 Å². The van der Waals surface area contributed by atoms with Crippen LogP contribution in [-0.4, -0.2) is 17.6 Å². The van der Waals surface area contributed by atoms with Crippen LogP contribution in [0.2, 0.25) is 0 Å². The number of anilines is 2. The van der Waals surface area contributed by atoms with Crippen molar-refractivity contribution in [2.75, 3.05) is 16.0 Å².